The van der Waals surface area contributed by atoms with E-state index in [9.17, 15) is 9.59 Å². The van der Waals surface area contributed by atoms with Gasteiger partial charge in [-0.25, -0.2) is 19.6 Å². The molecule has 0 aliphatic carbocycles. The van der Waals surface area contributed by atoms with Crippen molar-refractivity contribution in [2.75, 3.05) is 31.6 Å². The molecule has 3 rings (SSSR count). The molecule has 1 saturated heterocycles. The predicted octanol–water partition coefficient (Wildman–Crippen LogP) is 2.79. The highest BCUT2D eigenvalue weighted by atomic mass is 16.6. The Hall–Kier alpha value is -3.24. The van der Waals surface area contributed by atoms with Crippen molar-refractivity contribution in [3.8, 4) is 0 Å². The minimum atomic E-state index is -0.509. The molecule has 0 saturated carbocycles. The second-order valence-electron chi connectivity index (χ2n) is 8.64. The number of rotatable bonds is 6. The van der Waals surface area contributed by atoms with Crippen molar-refractivity contribution in [3.63, 3.8) is 0 Å². The lowest BCUT2D eigenvalue weighted by molar-refractivity contribution is 0.0202. The molecule has 32 heavy (non-hydrogen) atoms. The zero-order chi connectivity index (χ0) is 23.3. The average Bonchev–Trinajstić information content (AvgIpc) is 3.21. The van der Waals surface area contributed by atoms with Gasteiger partial charge in [0.05, 0.1) is 18.7 Å². The quantitative estimate of drug-likeness (QED) is 0.612. The average molecular weight is 447 g/mol. The van der Waals surface area contributed by atoms with Crippen LogP contribution in [0.15, 0.2) is 16.9 Å². The van der Waals surface area contributed by atoms with E-state index in [1.54, 1.807) is 23.8 Å². The van der Waals surface area contributed by atoms with E-state index >= 15 is 0 Å². The summed E-state index contributed by atoms with van der Waals surface area (Å²) in [5, 5.41) is 4.12. The molecule has 0 spiro atoms. The number of carbonyl (C=O) groups is 2. The van der Waals surface area contributed by atoms with Gasteiger partial charge in [0.25, 0.3) is 0 Å². The smallest absolute Gasteiger partial charge is 0.410 e. The SMILES string of the molecule is CCOC(=O)c1cnc(N(C)Cc2nc(C3CCN(C(=O)OC(C)(C)C)CC3)no2)nc1. The van der Waals surface area contributed by atoms with Crippen molar-refractivity contribution in [2.24, 2.45) is 0 Å². The highest BCUT2D eigenvalue weighted by Gasteiger charge is 2.29. The van der Waals surface area contributed by atoms with Crippen LogP contribution in [0.4, 0.5) is 10.7 Å². The Kier molecular flexibility index (Phi) is 7.26. The van der Waals surface area contributed by atoms with Gasteiger partial charge in [0.15, 0.2) is 5.82 Å². The first kappa shape index (κ1) is 23.4. The molecule has 1 aliphatic heterocycles. The number of ether oxygens (including phenoxy) is 2. The van der Waals surface area contributed by atoms with Crippen LogP contribution < -0.4 is 4.90 Å². The van der Waals surface area contributed by atoms with E-state index in [0.29, 0.717) is 49.5 Å². The van der Waals surface area contributed by atoms with Crippen molar-refractivity contribution < 1.29 is 23.6 Å². The van der Waals surface area contributed by atoms with Gasteiger partial charge in [-0.15, -0.1) is 0 Å². The van der Waals surface area contributed by atoms with Crippen molar-refractivity contribution in [3.05, 3.63) is 29.7 Å². The second kappa shape index (κ2) is 9.92. The Morgan fingerprint density at radius 1 is 1.22 bits per heavy atom. The molecule has 3 heterocycles. The molecule has 2 aromatic rings. The lowest BCUT2D eigenvalue weighted by Gasteiger charge is -2.32. The normalized spacial score (nSPS) is 14.8. The van der Waals surface area contributed by atoms with Crippen LogP contribution in [-0.4, -0.2) is 69.4 Å². The number of carbonyl (C=O) groups excluding carboxylic acids is 2. The molecule has 0 N–H and O–H groups in total. The summed E-state index contributed by atoms with van der Waals surface area (Å²) in [5.74, 6) is 1.16. The summed E-state index contributed by atoms with van der Waals surface area (Å²) >= 11 is 0. The third-order valence-corrected chi connectivity index (χ3v) is 4.86. The molecule has 2 aromatic heterocycles. The molecule has 1 aliphatic rings. The van der Waals surface area contributed by atoms with Crippen LogP contribution in [0.5, 0.6) is 0 Å². The van der Waals surface area contributed by atoms with Crippen LogP contribution in [0.25, 0.3) is 0 Å². The molecule has 0 radical (unpaired) electrons. The molecular weight excluding hydrogens is 416 g/mol. The monoisotopic (exact) mass is 446 g/mol. The molecule has 0 aromatic carbocycles. The standard InChI is InChI=1S/C21H30N6O5/c1-6-30-18(28)15-11-22-19(23-12-15)26(5)13-16-24-17(25-32-16)14-7-9-27(10-8-14)20(29)31-21(2,3)4/h11-12,14H,6-10,13H2,1-5H3. The number of likely N-dealkylation sites (tertiary alicyclic amines) is 1. The highest BCUT2D eigenvalue weighted by molar-refractivity contribution is 5.88. The van der Waals surface area contributed by atoms with Gasteiger partial charge in [0, 0.05) is 38.4 Å². The number of amides is 1. The summed E-state index contributed by atoms with van der Waals surface area (Å²) in [6, 6.07) is 0. The third-order valence-electron chi connectivity index (χ3n) is 4.86. The van der Waals surface area contributed by atoms with Crippen molar-refractivity contribution in [1.82, 2.24) is 25.0 Å². The van der Waals surface area contributed by atoms with Gasteiger partial charge in [-0.3, -0.25) is 0 Å². The van der Waals surface area contributed by atoms with Crippen LogP contribution in [0.3, 0.4) is 0 Å². The third kappa shape index (κ3) is 6.14. The van der Waals surface area contributed by atoms with Crippen molar-refractivity contribution in [1.29, 1.82) is 0 Å². The topological polar surface area (TPSA) is 124 Å². The fraction of sp³-hybridized carbons (Fsp3) is 0.619. The van der Waals surface area contributed by atoms with Gasteiger partial charge >= 0.3 is 12.1 Å². The number of hydrogen-bond donors (Lipinski definition) is 0. The second-order valence-corrected chi connectivity index (χ2v) is 8.64. The first-order valence-corrected chi connectivity index (χ1v) is 10.7. The van der Waals surface area contributed by atoms with E-state index in [4.69, 9.17) is 14.0 Å². The van der Waals surface area contributed by atoms with Gasteiger partial charge in [-0.1, -0.05) is 5.16 Å². The summed E-state index contributed by atoms with van der Waals surface area (Å²) in [6.07, 6.45) is 4.04. The van der Waals surface area contributed by atoms with Crippen LogP contribution in [0, 0.1) is 0 Å². The lowest BCUT2D eigenvalue weighted by Crippen LogP contribution is -2.41. The van der Waals surface area contributed by atoms with Crippen molar-refractivity contribution in [2.45, 2.75) is 58.6 Å². The van der Waals surface area contributed by atoms with Gasteiger partial charge < -0.3 is 23.8 Å². The van der Waals surface area contributed by atoms with Gasteiger partial charge in [-0.2, -0.15) is 4.98 Å². The van der Waals surface area contributed by atoms with E-state index in [1.165, 1.54) is 12.4 Å². The largest absolute Gasteiger partial charge is 0.462 e. The first-order valence-electron chi connectivity index (χ1n) is 10.7. The molecule has 11 nitrogen and oxygen atoms in total. The Balaban J connectivity index is 1.53. The number of esters is 1. The zero-order valence-electron chi connectivity index (χ0n) is 19.2. The molecule has 174 valence electrons. The molecule has 1 fully saturated rings. The molecule has 0 atom stereocenters. The maximum absolute atomic E-state index is 12.2. The highest BCUT2D eigenvalue weighted by Crippen LogP contribution is 2.27. The predicted molar refractivity (Wildman–Crippen MR) is 114 cm³/mol. The van der Waals surface area contributed by atoms with E-state index in [1.807, 2.05) is 20.8 Å². The van der Waals surface area contributed by atoms with E-state index in [-0.39, 0.29) is 12.0 Å². The number of aromatic nitrogens is 4. The fourth-order valence-electron chi connectivity index (χ4n) is 3.26. The minimum absolute atomic E-state index is 0.122. The maximum atomic E-state index is 12.2. The van der Waals surface area contributed by atoms with Crippen LogP contribution in [-0.2, 0) is 16.0 Å². The molecular formula is C21H30N6O5. The number of hydrogen-bond acceptors (Lipinski definition) is 10. The molecule has 1 amide bonds. The van der Waals surface area contributed by atoms with E-state index in [0.717, 1.165) is 12.8 Å². The minimum Gasteiger partial charge on any atom is -0.462 e. The van der Waals surface area contributed by atoms with Gasteiger partial charge in [0.1, 0.15) is 5.60 Å². The van der Waals surface area contributed by atoms with Crippen LogP contribution in [0.1, 0.15) is 68.5 Å². The van der Waals surface area contributed by atoms with Gasteiger partial charge in [-0.05, 0) is 40.5 Å². The zero-order valence-corrected chi connectivity index (χ0v) is 19.2. The Bertz CT molecular complexity index is 916. The van der Waals surface area contributed by atoms with Crippen LogP contribution >= 0.6 is 0 Å². The maximum Gasteiger partial charge on any atom is 0.410 e. The molecule has 0 bridgehead atoms. The Labute approximate surface area is 187 Å². The Morgan fingerprint density at radius 3 is 2.47 bits per heavy atom. The number of nitrogens with zero attached hydrogens (tertiary/aromatic N) is 6. The summed E-state index contributed by atoms with van der Waals surface area (Å²) in [5.41, 5.74) is -0.215. The Morgan fingerprint density at radius 2 is 1.88 bits per heavy atom. The fourth-order valence-corrected chi connectivity index (χ4v) is 3.26. The number of anilines is 1. The van der Waals surface area contributed by atoms with E-state index < -0.39 is 11.6 Å². The molecule has 11 heteroatoms. The van der Waals surface area contributed by atoms with Crippen LogP contribution in [0.2, 0.25) is 0 Å². The summed E-state index contributed by atoms with van der Waals surface area (Å²) < 4.78 is 15.8. The van der Waals surface area contributed by atoms with Gasteiger partial charge in [0.2, 0.25) is 11.8 Å². The number of piperidine rings is 1. The van der Waals surface area contributed by atoms with Crippen molar-refractivity contribution >= 4 is 18.0 Å². The van der Waals surface area contributed by atoms with E-state index in [2.05, 4.69) is 20.1 Å². The summed E-state index contributed by atoms with van der Waals surface area (Å²) in [7, 11) is 1.79. The lowest BCUT2D eigenvalue weighted by atomic mass is 9.96. The summed E-state index contributed by atoms with van der Waals surface area (Å²) in [6.45, 7) is 9.10. The molecule has 0 unspecified atom stereocenters. The summed E-state index contributed by atoms with van der Waals surface area (Å²) in [4.78, 5) is 40.3. The first-order chi connectivity index (χ1) is 15.2.